The van der Waals surface area contributed by atoms with Gasteiger partial charge >= 0.3 is 0 Å². The summed E-state index contributed by atoms with van der Waals surface area (Å²) in [5.41, 5.74) is 0. The lowest BCUT2D eigenvalue weighted by Crippen LogP contribution is -2.48. The number of aliphatic hydroxyl groups excluding tert-OH is 2. The first kappa shape index (κ1) is 16.6. The van der Waals surface area contributed by atoms with Crippen LogP contribution < -0.4 is 0 Å². The largest absolute Gasteiger partial charge is 0.390 e. The van der Waals surface area contributed by atoms with Crippen LogP contribution in [0, 0.1) is 0 Å². The first-order valence-electron chi connectivity index (χ1n) is 7.06. The van der Waals surface area contributed by atoms with Crippen LogP contribution in [0.15, 0.2) is 0 Å². The molecule has 1 fully saturated rings. The highest BCUT2D eigenvalue weighted by atomic mass is 16.7. The fraction of sp³-hybridized carbons (Fsp3) is 0.929. The minimum atomic E-state index is -0.786. The van der Waals surface area contributed by atoms with Crippen molar-refractivity contribution >= 4 is 5.78 Å². The number of ketones is 1. The molecule has 1 saturated heterocycles. The highest BCUT2D eigenvalue weighted by Gasteiger charge is 2.35. The third-order valence-electron chi connectivity index (χ3n) is 3.44. The van der Waals surface area contributed by atoms with Gasteiger partial charge in [-0.25, -0.2) is 0 Å². The van der Waals surface area contributed by atoms with E-state index in [0.29, 0.717) is 6.42 Å². The van der Waals surface area contributed by atoms with Crippen molar-refractivity contribution in [2.75, 3.05) is 0 Å². The van der Waals surface area contributed by atoms with E-state index in [1.54, 1.807) is 13.8 Å². The third kappa shape index (κ3) is 5.99. The van der Waals surface area contributed by atoms with Gasteiger partial charge in [-0.15, -0.1) is 0 Å². The van der Waals surface area contributed by atoms with Crippen LogP contribution in [0.2, 0.25) is 0 Å². The highest BCUT2D eigenvalue weighted by Crippen LogP contribution is 2.23. The van der Waals surface area contributed by atoms with Gasteiger partial charge in [-0.05, 0) is 33.6 Å². The molecular formula is C14H26O5. The summed E-state index contributed by atoms with van der Waals surface area (Å²) in [6, 6.07) is 0. The molecule has 0 bridgehead atoms. The molecule has 2 N–H and O–H groups in total. The van der Waals surface area contributed by atoms with Crippen molar-refractivity contribution in [3.8, 4) is 0 Å². The standard InChI is InChI=1S/C14H26O5/c1-9(15)6-4-5-7-10(2)18-14-13(17)8-12(16)11(3)19-14/h10-14,16-17H,4-8H2,1-3H3/t10-,11?,12-,13+,14?/m1/s1. The molecule has 0 aliphatic carbocycles. The van der Waals surface area contributed by atoms with Crippen LogP contribution in [-0.4, -0.2) is 46.7 Å². The molecule has 0 radical (unpaired) electrons. The Bertz CT molecular complexity index is 281. The summed E-state index contributed by atoms with van der Waals surface area (Å²) >= 11 is 0. The monoisotopic (exact) mass is 274 g/mol. The average molecular weight is 274 g/mol. The molecule has 1 rings (SSSR count). The van der Waals surface area contributed by atoms with Gasteiger partial charge < -0.3 is 24.5 Å². The molecule has 5 heteroatoms. The first-order chi connectivity index (χ1) is 8.90. The van der Waals surface area contributed by atoms with Crippen LogP contribution in [0.25, 0.3) is 0 Å². The summed E-state index contributed by atoms with van der Waals surface area (Å²) in [6.07, 6.45) is 1.06. The van der Waals surface area contributed by atoms with Crippen LogP contribution in [0.4, 0.5) is 0 Å². The Morgan fingerprint density at radius 1 is 1.37 bits per heavy atom. The highest BCUT2D eigenvalue weighted by molar-refractivity contribution is 5.75. The molecule has 5 nitrogen and oxygen atoms in total. The fourth-order valence-corrected chi connectivity index (χ4v) is 2.17. The molecule has 2 unspecified atom stereocenters. The topological polar surface area (TPSA) is 76.0 Å². The van der Waals surface area contributed by atoms with E-state index in [-0.39, 0.29) is 24.4 Å². The zero-order valence-corrected chi connectivity index (χ0v) is 12.0. The minimum Gasteiger partial charge on any atom is -0.390 e. The van der Waals surface area contributed by atoms with Crippen molar-refractivity contribution in [1.82, 2.24) is 0 Å². The summed E-state index contributed by atoms with van der Waals surface area (Å²) < 4.78 is 11.1. The molecule has 0 aromatic rings. The predicted molar refractivity (Wildman–Crippen MR) is 70.7 cm³/mol. The van der Waals surface area contributed by atoms with Gasteiger partial charge in [-0.3, -0.25) is 0 Å². The van der Waals surface area contributed by atoms with Gasteiger partial charge in [0.25, 0.3) is 0 Å². The summed E-state index contributed by atoms with van der Waals surface area (Å²) in [5.74, 6) is 0.211. The summed E-state index contributed by atoms with van der Waals surface area (Å²) in [7, 11) is 0. The van der Waals surface area contributed by atoms with Crippen molar-refractivity contribution in [3.63, 3.8) is 0 Å². The Balaban J connectivity index is 2.23. The lowest BCUT2D eigenvalue weighted by Gasteiger charge is -2.36. The molecule has 1 heterocycles. The lowest BCUT2D eigenvalue weighted by atomic mass is 10.0. The average Bonchev–Trinajstić information content (AvgIpc) is 2.31. The quantitative estimate of drug-likeness (QED) is 0.686. The number of ether oxygens (including phenoxy) is 2. The van der Waals surface area contributed by atoms with Crippen molar-refractivity contribution in [2.24, 2.45) is 0 Å². The second kappa shape index (κ2) is 7.94. The molecule has 1 aliphatic rings. The Kier molecular flexibility index (Phi) is 6.93. The van der Waals surface area contributed by atoms with Gasteiger partial charge in [-0.1, -0.05) is 6.42 Å². The van der Waals surface area contributed by atoms with Gasteiger partial charge in [0.1, 0.15) is 11.9 Å². The first-order valence-corrected chi connectivity index (χ1v) is 7.06. The molecule has 0 saturated carbocycles. The maximum atomic E-state index is 10.8. The molecular weight excluding hydrogens is 248 g/mol. The van der Waals surface area contributed by atoms with Crippen molar-refractivity contribution in [1.29, 1.82) is 0 Å². The van der Waals surface area contributed by atoms with E-state index < -0.39 is 18.5 Å². The van der Waals surface area contributed by atoms with Gasteiger partial charge in [-0.2, -0.15) is 0 Å². The number of Topliss-reactive ketones (excluding diaryl/α,β-unsaturated/α-hetero) is 1. The van der Waals surface area contributed by atoms with E-state index >= 15 is 0 Å². The van der Waals surface area contributed by atoms with Crippen molar-refractivity contribution in [2.45, 2.75) is 83.6 Å². The van der Waals surface area contributed by atoms with Gasteiger partial charge in [0.2, 0.25) is 0 Å². The minimum absolute atomic E-state index is 0.0333. The van der Waals surface area contributed by atoms with Crippen LogP contribution in [0.5, 0.6) is 0 Å². The Labute approximate surface area is 114 Å². The second-order valence-corrected chi connectivity index (χ2v) is 5.47. The zero-order chi connectivity index (χ0) is 14.4. The molecule has 0 spiro atoms. The smallest absolute Gasteiger partial charge is 0.184 e. The molecule has 19 heavy (non-hydrogen) atoms. The normalized spacial score (nSPS) is 33.1. The van der Waals surface area contributed by atoms with Crippen LogP contribution in [0.3, 0.4) is 0 Å². The van der Waals surface area contributed by atoms with Crippen LogP contribution in [0.1, 0.15) is 52.9 Å². The predicted octanol–water partition coefficient (Wildman–Crippen LogP) is 1.40. The number of hydrogen-bond acceptors (Lipinski definition) is 5. The molecule has 112 valence electrons. The number of carbonyl (C=O) groups is 1. The van der Waals surface area contributed by atoms with E-state index in [9.17, 15) is 15.0 Å². The van der Waals surface area contributed by atoms with E-state index in [0.717, 1.165) is 19.3 Å². The van der Waals surface area contributed by atoms with E-state index in [4.69, 9.17) is 9.47 Å². The summed E-state index contributed by atoms with van der Waals surface area (Å²) in [5, 5.41) is 19.3. The Morgan fingerprint density at radius 2 is 2.05 bits per heavy atom. The molecule has 5 atom stereocenters. The Hall–Kier alpha value is -0.490. The molecule has 1 aliphatic heterocycles. The number of rotatable bonds is 7. The maximum absolute atomic E-state index is 10.8. The van der Waals surface area contributed by atoms with E-state index in [2.05, 4.69) is 0 Å². The SMILES string of the molecule is CC(=O)CCCC[C@@H](C)OC1OC(C)[C@H](O)C[C@@H]1O. The second-order valence-electron chi connectivity index (χ2n) is 5.47. The maximum Gasteiger partial charge on any atom is 0.184 e. The third-order valence-corrected chi connectivity index (χ3v) is 3.44. The van der Waals surface area contributed by atoms with Gasteiger partial charge in [0.05, 0.1) is 18.3 Å². The number of unbranched alkanes of at least 4 members (excludes halogenated alkanes) is 1. The van der Waals surface area contributed by atoms with Crippen LogP contribution >= 0.6 is 0 Å². The molecule has 0 amide bonds. The van der Waals surface area contributed by atoms with E-state index in [1.807, 2.05) is 6.92 Å². The Morgan fingerprint density at radius 3 is 2.68 bits per heavy atom. The lowest BCUT2D eigenvalue weighted by molar-refractivity contribution is -0.273. The summed E-state index contributed by atoms with van der Waals surface area (Å²) in [6.45, 7) is 5.29. The van der Waals surface area contributed by atoms with Crippen LogP contribution in [-0.2, 0) is 14.3 Å². The number of hydrogen-bond donors (Lipinski definition) is 2. The van der Waals surface area contributed by atoms with Gasteiger partial charge in [0.15, 0.2) is 6.29 Å². The summed E-state index contributed by atoms with van der Waals surface area (Å²) in [4.78, 5) is 10.8. The molecule has 0 aromatic heterocycles. The van der Waals surface area contributed by atoms with E-state index in [1.165, 1.54) is 0 Å². The fourth-order valence-electron chi connectivity index (χ4n) is 2.17. The number of aliphatic hydroxyl groups is 2. The van der Waals surface area contributed by atoms with Crippen molar-refractivity contribution < 1.29 is 24.5 Å². The van der Waals surface area contributed by atoms with Crippen molar-refractivity contribution in [3.05, 3.63) is 0 Å². The molecule has 0 aromatic carbocycles. The van der Waals surface area contributed by atoms with Gasteiger partial charge in [0, 0.05) is 12.8 Å². The number of carbonyl (C=O) groups excluding carboxylic acids is 1. The zero-order valence-electron chi connectivity index (χ0n) is 12.0.